The van der Waals surface area contributed by atoms with Gasteiger partial charge in [0.2, 0.25) is 47.1 Å². The highest BCUT2D eigenvalue weighted by Crippen LogP contribution is 2.48. The fourth-order valence-electron chi connectivity index (χ4n) is 10.3. The Morgan fingerprint density at radius 3 is 1.89 bits per heavy atom. The Balaban J connectivity index is 1.41. The molecular weight excluding hydrogens is 1160 g/mol. The molecule has 0 aliphatic carbocycles. The van der Waals surface area contributed by atoms with Gasteiger partial charge in [0.15, 0.2) is 17.5 Å². The minimum Gasteiger partial charge on any atom is -0.497 e. The predicted molar refractivity (Wildman–Crippen MR) is 309 cm³/mol. The summed E-state index contributed by atoms with van der Waals surface area (Å²) in [5.41, 5.74) is 4.85. The highest BCUT2D eigenvalue weighted by atomic mass is 35.5. The van der Waals surface area contributed by atoms with Crippen LogP contribution in [-0.2, 0) is 43.1 Å². The smallest absolute Gasteiger partial charge is 0.492 e. The molecule has 9 atom stereocenters. The van der Waals surface area contributed by atoms with Crippen LogP contribution in [0.15, 0.2) is 78.9 Å². The molecule has 0 unspecified atom stereocenters. The van der Waals surface area contributed by atoms with Crippen molar-refractivity contribution in [3.05, 3.63) is 112 Å². The molecule has 5 aromatic rings. The molecule has 0 saturated heterocycles. The van der Waals surface area contributed by atoms with Crippen molar-refractivity contribution in [3.63, 3.8) is 0 Å². The number of aliphatic hydroxyl groups excluding tert-OH is 2. The number of fused-ring (bicyclic) bond motifs is 15. The van der Waals surface area contributed by atoms with Crippen LogP contribution >= 0.6 is 11.6 Å². The number of hydrogen-bond acceptors (Lipinski definition) is 20. The van der Waals surface area contributed by atoms with Gasteiger partial charge in [-0.05, 0) is 90.2 Å². The molecule has 5 aromatic carbocycles. The summed E-state index contributed by atoms with van der Waals surface area (Å²) in [7, 11) is 5.39. The second-order valence-corrected chi connectivity index (χ2v) is 21.2. The van der Waals surface area contributed by atoms with Crippen LogP contribution in [-0.4, -0.2) is 141 Å². The SMILES string of the molecule is CN[C@H](CC(C)C)C(=O)N[C@H]1C(=O)N[C@@H](CC(N)=O)C(=O)N[C@H]2C(=O)N[C@H]3C(=O)N[C@H](C(=O)N[C@H](C(=O)OC)c4cc(OC)cc(OC)c4-c4cc3ccc4OC)[C@H](O)c3ccc(c(Cl)c3)Oc3cc2cc(c3OC)Oc2ccc(cc2B(O)O)[C@H]1O. The molecule has 5 heterocycles. The number of hydrogen-bond donors (Lipinski definition) is 12. The van der Waals surface area contributed by atoms with Crippen LogP contribution in [0.3, 0.4) is 0 Å². The van der Waals surface area contributed by atoms with E-state index in [1.807, 2.05) is 13.8 Å². The number of rotatable bonds is 13. The Morgan fingerprint density at radius 2 is 1.29 bits per heavy atom. The third-order valence-corrected chi connectivity index (χ3v) is 15.0. The van der Waals surface area contributed by atoms with Gasteiger partial charge in [0.05, 0.1) is 53.0 Å². The molecule has 5 aliphatic rings. The van der Waals surface area contributed by atoms with Crippen molar-refractivity contribution in [2.45, 2.75) is 81.2 Å². The van der Waals surface area contributed by atoms with E-state index in [1.165, 1.54) is 108 Å². The highest BCUT2D eigenvalue weighted by molar-refractivity contribution is 6.59. The summed E-state index contributed by atoms with van der Waals surface area (Å²) < 4.78 is 41.1. The van der Waals surface area contributed by atoms with E-state index in [0.29, 0.717) is 0 Å². The topological polar surface area (TPSA) is 392 Å². The highest BCUT2D eigenvalue weighted by Gasteiger charge is 2.42. The van der Waals surface area contributed by atoms with Gasteiger partial charge in [-0.15, -0.1) is 0 Å². The maximum Gasteiger partial charge on any atom is 0.492 e. The second-order valence-electron chi connectivity index (χ2n) is 20.8. The van der Waals surface area contributed by atoms with Crippen LogP contribution < -0.4 is 76.8 Å². The summed E-state index contributed by atoms with van der Waals surface area (Å²) in [6, 6.07) is 3.95. The molecule has 0 fully saturated rings. The van der Waals surface area contributed by atoms with Crippen molar-refractivity contribution in [1.29, 1.82) is 0 Å². The van der Waals surface area contributed by atoms with Gasteiger partial charge in [-0.3, -0.25) is 33.6 Å². The van der Waals surface area contributed by atoms with Crippen LogP contribution in [0.25, 0.3) is 11.1 Å². The zero-order valence-corrected chi connectivity index (χ0v) is 48.9. The lowest BCUT2D eigenvalue weighted by molar-refractivity contribution is -0.146. The summed E-state index contributed by atoms with van der Waals surface area (Å²) >= 11 is 6.93. The van der Waals surface area contributed by atoms with Crippen molar-refractivity contribution in [2.24, 2.45) is 11.7 Å². The van der Waals surface area contributed by atoms with Crippen LogP contribution in [0, 0.1) is 5.92 Å². The molecule has 460 valence electrons. The Hall–Kier alpha value is -9.19. The van der Waals surface area contributed by atoms with Gasteiger partial charge in [-0.1, -0.05) is 49.7 Å². The van der Waals surface area contributed by atoms with Gasteiger partial charge in [0, 0.05) is 28.2 Å². The van der Waals surface area contributed by atoms with E-state index in [9.17, 15) is 44.2 Å². The molecule has 29 heteroatoms. The Bertz CT molecular complexity index is 3540. The van der Waals surface area contributed by atoms with Crippen LogP contribution in [0.2, 0.25) is 5.02 Å². The van der Waals surface area contributed by atoms with Gasteiger partial charge in [-0.2, -0.15) is 0 Å². The molecule has 0 spiro atoms. The first-order valence-corrected chi connectivity index (χ1v) is 27.3. The number of nitrogens with one attached hydrogen (secondary N) is 7. The molecule has 0 saturated carbocycles. The number of carbonyl (C=O) groups is 8. The Labute approximate surface area is 503 Å². The summed E-state index contributed by atoms with van der Waals surface area (Å²) in [6.45, 7) is 3.68. The second kappa shape index (κ2) is 27.0. The molecule has 10 rings (SSSR count). The molecule has 27 nitrogen and oxygen atoms in total. The van der Waals surface area contributed by atoms with E-state index in [1.54, 1.807) is 0 Å². The number of aliphatic hydroxyl groups is 2. The number of likely N-dealkylation sites (N-methyl/N-ethyl adjacent to an activating group) is 1. The van der Waals surface area contributed by atoms with Crippen molar-refractivity contribution in [3.8, 4) is 57.1 Å². The fraction of sp³-hybridized carbons (Fsp3) is 0.345. The number of methoxy groups -OCH3 is 5. The van der Waals surface area contributed by atoms with Crippen LogP contribution in [0.1, 0.15) is 84.8 Å². The summed E-state index contributed by atoms with van der Waals surface area (Å²) in [4.78, 5) is 117. The van der Waals surface area contributed by atoms with E-state index in [0.717, 1.165) is 13.2 Å². The lowest BCUT2D eigenvalue weighted by Crippen LogP contribution is -2.59. The number of carbonyl (C=O) groups excluding carboxylic acids is 8. The van der Waals surface area contributed by atoms with E-state index < -0.39 is 121 Å². The summed E-state index contributed by atoms with van der Waals surface area (Å²) in [6.07, 6.45) is -4.77. The van der Waals surface area contributed by atoms with Crippen molar-refractivity contribution >= 4 is 71.5 Å². The molecule has 87 heavy (non-hydrogen) atoms. The summed E-state index contributed by atoms with van der Waals surface area (Å²) in [5, 5.41) is 64.0. The fourth-order valence-corrected chi connectivity index (χ4v) is 10.5. The first-order chi connectivity index (χ1) is 41.4. The van der Waals surface area contributed by atoms with Crippen LogP contribution in [0.4, 0.5) is 0 Å². The van der Waals surface area contributed by atoms with Gasteiger partial charge in [-0.25, -0.2) is 4.79 Å². The molecule has 13 N–H and O–H groups in total. The number of benzene rings is 5. The largest absolute Gasteiger partial charge is 0.497 e. The van der Waals surface area contributed by atoms with Crippen molar-refractivity contribution in [1.82, 2.24) is 37.2 Å². The Morgan fingerprint density at radius 1 is 0.667 bits per heavy atom. The first kappa shape index (κ1) is 63.8. The standard InChI is InChI=1S/C58H64BClN8O19/c1-24(2)15-34(62-3)52(72)67-47-49(70)26-10-13-37(32(17-26)59(79)80)86-40-19-28-20-41(51(40)84-7)87-38-14-11-27(18-33(38)60)50(71)48-57(77)66-46(58(78)85-8)31-21-29(81-4)22-39(83-6)43(31)30-16-25(9-12-36(30)82-5)44(54(74)68-48)65-55(75)45(28)64-53(73)35(23-42(61)69)63-56(47)76/h9-14,16-22,24,34-35,44-50,62,70-71,79-80H,15,23H2,1-8H3,(H2,61,69)(H,63,76)(H,64,73)(H,65,75)(H,66,77)(H,67,72)(H,68,74)/t34-,35+,44-,45-,46+,47-,48+,49-,50-/m1/s1. The number of halogens is 1. The first-order valence-electron chi connectivity index (χ1n) is 27.0. The Kier molecular flexibility index (Phi) is 19.8. The minimum atomic E-state index is -2.37. The normalized spacial score (nSPS) is 21.4. The monoisotopic (exact) mass is 1220 g/mol. The van der Waals surface area contributed by atoms with E-state index >= 15 is 14.4 Å². The van der Waals surface area contributed by atoms with Crippen molar-refractivity contribution in [2.75, 3.05) is 42.6 Å². The lowest BCUT2D eigenvalue weighted by atomic mass is 9.78. The van der Waals surface area contributed by atoms with Crippen molar-refractivity contribution < 1.29 is 91.8 Å². The number of ether oxygens (including phenoxy) is 7. The maximum atomic E-state index is 15.7. The molecule has 0 radical (unpaired) electrons. The zero-order chi connectivity index (χ0) is 63.3. The third-order valence-electron chi connectivity index (χ3n) is 14.7. The average Bonchev–Trinajstić information content (AvgIpc) is 1.13. The lowest BCUT2D eigenvalue weighted by Gasteiger charge is -2.32. The van der Waals surface area contributed by atoms with Gasteiger partial charge < -0.3 is 96.4 Å². The predicted octanol–water partition coefficient (Wildman–Crippen LogP) is 0.722. The average molecular weight is 1220 g/mol. The third kappa shape index (κ3) is 13.6. The van der Waals surface area contributed by atoms with Gasteiger partial charge >= 0.3 is 13.1 Å². The minimum absolute atomic E-state index is 0.00188. The van der Waals surface area contributed by atoms with Crippen LogP contribution in [0.5, 0.6) is 46.0 Å². The van der Waals surface area contributed by atoms with E-state index in [-0.39, 0.29) is 102 Å². The number of amides is 7. The zero-order valence-electron chi connectivity index (χ0n) is 48.1. The number of nitrogens with two attached hydrogens (primary N) is 1. The van der Waals surface area contributed by atoms with Gasteiger partial charge in [0.1, 0.15) is 71.2 Å². The molecule has 7 amide bonds. The van der Waals surface area contributed by atoms with E-state index in [2.05, 4.69) is 37.2 Å². The molecule has 0 aromatic heterocycles. The summed E-state index contributed by atoms with van der Waals surface area (Å²) in [5.74, 6) is -10.4. The van der Waals surface area contributed by atoms with Gasteiger partial charge in [0.25, 0.3) is 0 Å². The molecule has 11 bridgehead atoms. The number of esters is 1. The molecular formula is C58H64BClN8O19. The quantitative estimate of drug-likeness (QED) is 0.0571. The maximum absolute atomic E-state index is 15.7. The molecule has 5 aliphatic heterocycles. The number of primary amides is 1. The van der Waals surface area contributed by atoms with E-state index in [4.69, 9.17) is 50.5 Å².